The van der Waals surface area contributed by atoms with E-state index in [0.717, 1.165) is 0 Å². The van der Waals surface area contributed by atoms with E-state index < -0.39 is 5.91 Å². The second-order valence-electron chi connectivity index (χ2n) is 2.56. The van der Waals surface area contributed by atoms with Crippen LogP contribution in [0.1, 0.15) is 10.6 Å². The van der Waals surface area contributed by atoms with Crippen molar-refractivity contribution < 1.29 is 4.79 Å². The highest BCUT2D eigenvalue weighted by Gasteiger charge is 2.10. The fraction of sp³-hybridized carbons (Fsp3) is 0. The van der Waals surface area contributed by atoms with Crippen LogP contribution in [-0.2, 0) is 0 Å². The minimum atomic E-state index is -0.467. The number of anilines is 1. The minimum absolute atomic E-state index is 0.0389. The number of hydrogen-bond donors (Lipinski definition) is 2. The molecule has 8 heteroatoms. The molecule has 0 unspecified atom stereocenters. The summed E-state index contributed by atoms with van der Waals surface area (Å²) >= 11 is 5.64. The third kappa shape index (κ3) is 2.26. The first kappa shape index (κ1) is 9.53. The molecule has 0 aliphatic heterocycles. The molecule has 0 atom stereocenters. The molecular formula is C7H5ClN6O. The molecule has 0 bridgehead atoms. The molecule has 0 fully saturated rings. The summed E-state index contributed by atoms with van der Waals surface area (Å²) < 4.78 is 0. The van der Waals surface area contributed by atoms with Crippen LogP contribution in [0.3, 0.4) is 0 Å². The summed E-state index contributed by atoms with van der Waals surface area (Å²) in [6.07, 6.45) is 1.48. The SMILES string of the molecule is O=C(Nc1ccnc(Cl)c1)c1nn[nH]n1. The van der Waals surface area contributed by atoms with Crippen molar-refractivity contribution in [1.82, 2.24) is 25.6 Å². The van der Waals surface area contributed by atoms with E-state index in [0.29, 0.717) is 10.8 Å². The van der Waals surface area contributed by atoms with Crippen LogP contribution in [-0.4, -0.2) is 31.5 Å². The number of carbonyl (C=O) groups excluding carboxylic acids is 1. The number of hydrogen-bond acceptors (Lipinski definition) is 5. The molecule has 0 spiro atoms. The molecule has 2 rings (SSSR count). The number of carbonyl (C=O) groups is 1. The number of H-pyrrole nitrogens is 1. The molecule has 2 heterocycles. The second kappa shape index (κ2) is 4.01. The van der Waals surface area contributed by atoms with E-state index in [9.17, 15) is 4.79 Å². The number of pyridine rings is 1. The molecule has 15 heavy (non-hydrogen) atoms. The van der Waals surface area contributed by atoms with Gasteiger partial charge in [-0.1, -0.05) is 11.6 Å². The van der Waals surface area contributed by atoms with Crippen LogP contribution in [0.2, 0.25) is 5.15 Å². The number of amides is 1. The fourth-order valence-corrected chi connectivity index (χ4v) is 1.10. The van der Waals surface area contributed by atoms with Crippen molar-refractivity contribution in [3.63, 3.8) is 0 Å². The molecule has 1 amide bonds. The van der Waals surface area contributed by atoms with Crippen molar-refractivity contribution in [3.05, 3.63) is 29.3 Å². The van der Waals surface area contributed by atoms with E-state index in [4.69, 9.17) is 11.6 Å². The molecule has 0 saturated heterocycles. The lowest BCUT2D eigenvalue weighted by molar-refractivity contribution is 0.101. The minimum Gasteiger partial charge on any atom is -0.319 e. The van der Waals surface area contributed by atoms with Gasteiger partial charge >= 0.3 is 0 Å². The number of aromatic nitrogens is 5. The molecule has 0 saturated carbocycles. The van der Waals surface area contributed by atoms with Crippen molar-refractivity contribution in [2.24, 2.45) is 0 Å². The van der Waals surface area contributed by atoms with E-state index in [-0.39, 0.29) is 5.82 Å². The van der Waals surface area contributed by atoms with E-state index in [1.54, 1.807) is 6.07 Å². The number of nitrogens with zero attached hydrogens (tertiary/aromatic N) is 4. The lowest BCUT2D eigenvalue weighted by Gasteiger charge is -2.00. The van der Waals surface area contributed by atoms with E-state index in [2.05, 4.69) is 30.9 Å². The number of tetrazole rings is 1. The molecule has 0 aliphatic rings. The molecule has 0 aromatic carbocycles. The predicted octanol–water partition coefficient (Wildman–Crippen LogP) is 0.500. The zero-order valence-electron chi connectivity index (χ0n) is 7.31. The first-order chi connectivity index (χ1) is 7.25. The van der Waals surface area contributed by atoms with Gasteiger partial charge in [-0.15, -0.1) is 10.2 Å². The second-order valence-corrected chi connectivity index (χ2v) is 2.94. The van der Waals surface area contributed by atoms with Gasteiger partial charge in [0, 0.05) is 11.9 Å². The predicted molar refractivity (Wildman–Crippen MR) is 51.4 cm³/mol. The van der Waals surface area contributed by atoms with E-state index >= 15 is 0 Å². The third-order valence-electron chi connectivity index (χ3n) is 1.53. The first-order valence-electron chi connectivity index (χ1n) is 3.92. The fourth-order valence-electron chi connectivity index (χ4n) is 0.925. The monoisotopic (exact) mass is 224 g/mol. The highest BCUT2D eigenvalue weighted by atomic mass is 35.5. The van der Waals surface area contributed by atoms with Crippen molar-refractivity contribution in [2.75, 3.05) is 5.32 Å². The molecule has 7 nitrogen and oxygen atoms in total. The van der Waals surface area contributed by atoms with Gasteiger partial charge in [0.25, 0.3) is 11.7 Å². The van der Waals surface area contributed by atoms with E-state index in [1.165, 1.54) is 12.3 Å². The Kier molecular flexibility index (Phi) is 2.55. The van der Waals surface area contributed by atoms with Crippen LogP contribution in [0, 0.1) is 0 Å². The molecular weight excluding hydrogens is 220 g/mol. The molecule has 76 valence electrons. The van der Waals surface area contributed by atoms with Gasteiger partial charge in [0.05, 0.1) is 0 Å². The van der Waals surface area contributed by atoms with Gasteiger partial charge < -0.3 is 5.32 Å². The highest BCUT2D eigenvalue weighted by Crippen LogP contribution is 2.12. The summed E-state index contributed by atoms with van der Waals surface area (Å²) in [6.45, 7) is 0. The average Bonchev–Trinajstić information content (AvgIpc) is 2.70. The Morgan fingerprint density at radius 3 is 3.07 bits per heavy atom. The highest BCUT2D eigenvalue weighted by molar-refractivity contribution is 6.29. The molecule has 0 aliphatic carbocycles. The Morgan fingerprint density at radius 2 is 2.40 bits per heavy atom. The lowest BCUT2D eigenvalue weighted by Crippen LogP contribution is -2.13. The van der Waals surface area contributed by atoms with Gasteiger partial charge in [-0.3, -0.25) is 4.79 Å². The summed E-state index contributed by atoms with van der Waals surface area (Å²) in [5.74, 6) is -0.506. The Bertz CT molecular complexity index is 470. The van der Waals surface area contributed by atoms with Gasteiger partial charge in [-0.2, -0.15) is 5.21 Å². The van der Waals surface area contributed by atoms with Gasteiger partial charge in [0.2, 0.25) is 0 Å². The van der Waals surface area contributed by atoms with Gasteiger partial charge in [-0.05, 0) is 17.3 Å². The molecule has 2 aromatic heterocycles. The number of rotatable bonds is 2. The maximum atomic E-state index is 11.4. The summed E-state index contributed by atoms with van der Waals surface area (Å²) in [7, 11) is 0. The Morgan fingerprint density at radius 1 is 1.53 bits per heavy atom. The van der Waals surface area contributed by atoms with Gasteiger partial charge in [-0.25, -0.2) is 4.98 Å². The van der Waals surface area contributed by atoms with Crippen LogP contribution in [0.5, 0.6) is 0 Å². The number of halogens is 1. The molecule has 2 aromatic rings. The van der Waals surface area contributed by atoms with Gasteiger partial charge in [0.1, 0.15) is 5.15 Å². The standard InChI is InChI=1S/C7H5ClN6O/c8-5-3-4(1-2-9-5)10-7(15)6-11-13-14-12-6/h1-3H,(H,9,10,15)(H,11,12,13,14). The largest absolute Gasteiger partial charge is 0.319 e. The van der Waals surface area contributed by atoms with Gasteiger partial charge in [0.15, 0.2) is 0 Å². The lowest BCUT2D eigenvalue weighted by atomic mass is 10.4. The number of nitrogens with one attached hydrogen (secondary N) is 2. The quantitative estimate of drug-likeness (QED) is 0.724. The zero-order chi connectivity index (χ0) is 10.7. The Hall–Kier alpha value is -2.02. The Labute approximate surface area is 88.9 Å². The summed E-state index contributed by atoms with van der Waals surface area (Å²) in [4.78, 5) is 15.2. The zero-order valence-corrected chi connectivity index (χ0v) is 8.06. The van der Waals surface area contributed by atoms with Crippen molar-refractivity contribution in [1.29, 1.82) is 0 Å². The average molecular weight is 225 g/mol. The number of aromatic amines is 1. The summed E-state index contributed by atoms with van der Waals surface area (Å²) in [5, 5.41) is 15.3. The maximum absolute atomic E-state index is 11.4. The first-order valence-corrected chi connectivity index (χ1v) is 4.30. The topological polar surface area (TPSA) is 96.5 Å². The van der Waals surface area contributed by atoms with Crippen LogP contribution >= 0.6 is 11.6 Å². The van der Waals surface area contributed by atoms with E-state index in [1.807, 2.05) is 0 Å². The summed E-state index contributed by atoms with van der Waals surface area (Å²) in [5.41, 5.74) is 0.518. The maximum Gasteiger partial charge on any atom is 0.297 e. The molecule has 2 N–H and O–H groups in total. The molecule has 0 radical (unpaired) electrons. The van der Waals surface area contributed by atoms with Crippen LogP contribution in [0.15, 0.2) is 18.3 Å². The Balaban J connectivity index is 2.13. The van der Waals surface area contributed by atoms with Crippen molar-refractivity contribution in [2.45, 2.75) is 0 Å². The van der Waals surface area contributed by atoms with Crippen LogP contribution < -0.4 is 5.32 Å². The summed E-state index contributed by atoms with van der Waals surface area (Å²) in [6, 6.07) is 3.11. The smallest absolute Gasteiger partial charge is 0.297 e. The van der Waals surface area contributed by atoms with Crippen molar-refractivity contribution in [3.8, 4) is 0 Å². The van der Waals surface area contributed by atoms with Crippen LogP contribution in [0.4, 0.5) is 5.69 Å². The van der Waals surface area contributed by atoms with Crippen molar-refractivity contribution >= 4 is 23.2 Å². The third-order valence-corrected chi connectivity index (χ3v) is 1.74. The normalized spacial score (nSPS) is 9.93. The van der Waals surface area contributed by atoms with Crippen LogP contribution in [0.25, 0.3) is 0 Å².